The Morgan fingerprint density at radius 2 is 1.77 bits per heavy atom. The predicted octanol–water partition coefficient (Wildman–Crippen LogP) is 2.18. The number of carbonyl (C=O) groups excluding carboxylic acids is 1. The number of benzene rings is 1. The van der Waals surface area contributed by atoms with Crippen molar-refractivity contribution in [2.24, 2.45) is 0 Å². The number of hydrogen-bond acceptors (Lipinski definition) is 4. The summed E-state index contributed by atoms with van der Waals surface area (Å²) in [7, 11) is -0.693. The lowest BCUT2D eigenvalue weighted by molar-refractivity contribution is -0.119. The van der Waals surface area contributed by atoms with E-state index in [-0.39, 0.29) is 17.5 Å². The number of carbonyl (C=O) groups is 1. The van der Waals surface area contributed by atoms with Gasteiger partial charge in [-0.05, 0) is 48.9 Å². The minimum Gasteiger partial charge on any atom is -0.350 e. The van der Waals surface area contributed by atoms with E-state index in [4.69, 9.17) is 0 Å². The molecule has 2 aromatic rings. The first-order valence-corrected chi connectivity index (χ1v) is 11.7. The Hall–Kier alpha value is -2.91. The molecule has 1 saturated heterocycles. The van der Waals surface area contributed by atoms with Crippen molar-refractivity contribution in [1.82, 2.24) is 14.6 Å². The van der Waals surface area contributed by atoms with Crippen molar-refractivity contribution in [3.05, 3.63) is 69.6 Å². The molecule has 1 aliphatic heterocycles. The lowest BCUT2D eigenvalue weighted by atomic mass is 9.98. The van der Waals surface area contributed by atoms with Gasteiger partial charge in [-0.1, -0.05) is 24.3 Å². The molecular weight excluding hydrogens is 416 g/mol. The van der Waals surface area contributed by atoms with Crippen LogP contribution in [0.15, 0.2) is 47.3 Å². The normalized spacial score (nSPS) is 19.5. The van der Waals surface area contributed by atoms with Gasteiger partial charge in [-0.15, -0.1) is 0 Å². The zero-order chi connectivity index (χ0) is 22.2. The number of H-pyrrole nitrogens is 1. The van der Waals surface area contributed by atoms with E-state index >= 15 is 0 Å². The van der Waals surface area contributed by atoms with Crippen LogP contribution in [-0.2, 0) is 15.0 Å². The molecule has 164 valence electrons. The molecule has 1 atom stereocenters. The van der Waals surface area contributed by atoms with Gasteiger partial charge in [-0.25, -0.2) is 0 Å². The summed E-state index contributed by atoms with van der Waals surface area (Å²) in [5.41, 5.74) is 3.42. The van der Waals surface area contributed by atoms with E-state index in [1.54, 1.807) is 24.3 Å². The van der Waals surface area contributed by atoms with Crippen LogP contribution in [-0.4, -0.2) is 43.8 Å². The Bertz CT molecular complexity index is 1180. The van der Waals surface area contributed by atoms with E-state index < -0.39 is 10.2 Å². The second kappa shape index (κ2) is 8.32. The number of aromatic nitrogens is 1. The van der Waals surface area contributed by atoms with Crippen LogP contribution in [0.2, 0.25) is 0 Å². The maximum absolute atomic E-state index is 12.6. The van der Waals surface area contributed by atoms with Gasteiger partial charge in [-0.3, -0.25) is 14.3 Å². The number of amides is 1. The maximum atomic E-state index is 12.6. The minimum atomic E-state index is -3.60. The van der Waals surface area contributed by atoms with Crippen molar-refractivity contribution in [3.8, 4) is 0 Å². The largest absolute Gasteiger partial charge is 0.350 e. The fourth-order valence-electron chi connectivity index (χ4n) is 3.62. The SMILES string of the molecule is CN(C)S(=O)(=O)Nc1ccc(/C(=C\[C@H]2CCC(=O)N2)c2ccc(C3CC3)c(=O)[nH]2)cc1. The third-order valence-electron chi connectivity index (χ3n) is 5.57. The van der Waals surface area contributed by atoms with Gasteiger partial charge in [0, 0.05) is 49.1 Å². The molecule has 0 bridgehead atoms. The number of aromatic amines is 1. The van der Waals surface area contributed by atoms with E-state index in [0.29, 0.717) is 30.1 Å². The highest BCUT2D eigenvalue weighted by atomic mass is 32.2. The van der Waals surface area contributed by atoms with Gasteiger partial charge >= 0.3 is 10.2 Å². The van der Waals surface area contributed by atoms with E-state index in [9.17, 15) is 18.0 Å². The molecule has 1 aromatic heterocycles. The smallest absolute Gasteiger partial charge is 0.301 e. The molecule has 8 nitrogen and oxygen atoms in total. The molecule has 0 spiro atoms. The number of pyridine rings is 1. The van der Waals surface area contributed by atoms with E-state index in [0.717, 1.165) is 33.8 Å². The summed E-state index contributed by atoms with van der Waals surface area (Å²) in [6.45, 7) is 0. The van der Waals surface area contributed by atoms with Gasteiger partial charge in [0.25, 0.3) is 5.56 Å². The van der Waals surface area contributed by atoms with Gasteiger partial charge in [0.1, 0.15) is 0 Å². The van der Waals surface area contributed by atoms with Crippen LogP contribution in [0.25, 0.3) is 5.57 Å². The zero-order valence-corrected chi connectivity index (χ0v) is 18.3. The first-order valence-electron chi connectivity index (χ1n) is 10.3. The van der Waals surface area contributed by atoms with Gasteiger partial charge in [-0.2, -0.15) is 12.7 Å². The number of rotatable bonds is 7. The molecule has 0 radical (unpaired) electrons. The zero-order valence-electron chi connectivity index (χ0n) is 17.5. The maximum Gasteiger partial charge on any atom is 0.301 e. The first kappa shape index (κ1) is 21.3. The van der Waals surface area contributed by atoms with Crippen LogP contribution >= 0.6 is 0 Å². The summed E-state index contributed by atoms with van der Waals surface area (Å²) in [5, 5.41) is 2.93. The molecule has 3 N–H and O–H groups in total. The lowest BCUT2D eigenvalue weighted by Gasteiger charge is -2.15. The van der Waals surface area contributed by atoms with Gasteiger partial charge in [0.15, 0.2) is 0 Å². The standard InChI is InChI=1S/C22H26N4O4S/c1-26(2)31(29,30)25-16-7-5-15(6-8-16)19(13-17-9-12-21(27)23-17)20-11-10-18(14-3-4-14)22(28)24-20/h5-8,10-11,13-14,17,25H,3-4,9,12H2,1-2H3,(H,23,27)(H,24,28)/b19-13+/t17-/m1/s1. The average Bonchev–Trinajstić information content (AvgIpc) is 3.47. The van der Waals surface area contributed by atoms with Crippen LogP contribution in [0.5, 0.6) is 0 Å². The van der Waals surface area contributed by atoms with Crippen LogP contribution in [0, 0.1) is 0 Å². The number of nitrogens with one attached hydrogen (secondary N) is 3. The second-order valence-corrected chi connectivity index (χ2v) is 10.1. The molecule has 1 aliphatic carbocycles. The van der Waals surface area contributed by atoms with Crippen molar-refractivity contribution in [3.63, 3.8) is 0 Å². The number of hydrogen-bond donors (Lipinski definition) is 3. The molecule has 2 fully saturated rings. The lowest BCUT2D eigenvalue weighted by Crippen LogP contribution is -2.28. The Labute approximate surface area is 181 Å². The molecule has 1 saturated carbocycles. The first-order chi connectivity index (χ1) is 14.7. The van der Waals surface area contributed by atoms with Crippen LogP contribution in [0.1, 0.15) is 48.4 Å². The topological polar surface area (TPSA) is 111 Å². The summed E-state index contributed by atoms with van der Waals surface area (Å²) in [6.07, 6.45) is 5.20. The molecule has 2 heterocycles. The third-order valence-corrected chi connectivity index (χ3v) is 7.02. The van der Waals surface area contributed by atoms with Crippen LogP contribution in [0.4, 0.5) is 5.69 Å². The van der Waals surface area contributed by atoms with E-state index in [1.807, 2.05) is 18.2 Å². The monoisotopic (exact) mass is 442 g/mol. The fourth-order valence-corrected chi connectivity index (χ4v) is 4.24. The van der Waals surface area contributed by atoms with Crippen LogP contribution in [0.3, 0.4) is 0 Å². The highest BCUT2D eigenvalue weighted by Crippen LogP contribution is 2.38. The summed E-state index contributed by atoms with van der Waals surface area (Å²) in [5.74, 6) is 0.356. The fraction of sp³-hybridized carbons (Fsp3) is 0.364. The predicted molar refractivity (Wildman–Crippen MR) is 120 cm³/mol. The molecule has 1 aromatic carbocycles. The Balaban J connectivity index is 1.68. The minimum absolute atomic E-state index is 0.00612. The summed E-state index contributed by atoms with van der Waals surface area (Å²) < 4.78 is 27.7. The third kappa shape index (κ3) is 4.88. The Morgan fingerprint density at radius 3 is 2.32 bits per heavy atom. The molecular formula is C22H26N4O4S. The molecule has 2 aliphatic rings. The van der Waals surface area contributed by atoms with Crippen LogP contribution < -0.4 is 15.6 Å². The Morgan fingerprint density at radius 1 is 1.06 bits per heavy atom. The molecule has 0 unspecified atom stereocenters. The quantitative estimate of drug-likeness (QED) is 0.610. The van der Waals surface area contributed by atoms with Gasteiger partial charge in [0.2, 0.25) is 5.91 Å². The average molecular weight is 443 g/mol. The highest BCUT2D eigenvalue weighted by Gasteiger charge is 2.26. The molecule has 31 heavy (non-hydrogen) atoms. The number of nitrogens with zero attached hydrogens (tertiary/aromatic N) is 1. The van der Waals surface area contributed by atoms with E-state index in [1.165, 1.54) is 14.1 Å². The van der Waals surface area contributed by atoms with Crippen molar-refractivity contribution < 1.29 is 13.2 Å². The molecule has 1 amide bonds. The summed E-state index contributed by atoms with van der Waals surface area (Å²) >= 11 is 0. The van der Waals surface area contributed by atoms with Crippen molar-refractivity contribution in [2.45, 2.75) is 37.6 Å². The van der Waals surface area contributed by atoms with Crippen molar-refractivity contribution in [2.75, 3.05) is 18.8 Å². The van der Waals surface area contributed by atoms with E-state index in [2.05, 4.69) is 15.0 Å². The van der Waals surface area contributed by atoms with Gasteiger partial charge < -0.3 is 10.3 Å². The van der Waals surface area contributed by atoms with Crippen molar-refractivity contribution in [1.29, 1.82) is 0 Å². The highest BCUT2D eigenvalue weighted by molar-refractivity contribution is 7.90. The number of anilines is 1. The summed E-state index contributed by atoms with van der Waals surface area (Å²) in [6, 6.07) is 10.6. The van der Waals surface area contributed by atoms with Crippen molar-refractivity contribution >= 4 is 27.4 Å². The summed E-state index contributed by atoms with van der Waals surface area (Å²) in [4.78, 5) is 27.2. The second-order valence-electron chi connectivity index (χ2n) is 8.19. The Kier molecular flexibility index (Phi) is 5.72. The molecule has 4 rings (SSSR count). The molecule has 9 heteroatoms. The van der Waals surface area contributed by atoms with Gasteiger partial charge in [0.05, 0.1) is 0 Å².